The van der Waals surface area contributed by atoms with E-state index in [9.17, 15) is 18.3 Å². The van der Waals surface area contributed by atoms with Crippen LogP contribution in [0.1, 0.15) is 122 Å². The van der Waals surface area contributed by atoms with Gasteiger partial charge in [0, 0.05) is 18.9 Å². The summed E-state index contributed by atoms with van der Waals surface area (Å²) in [5.41, 5.74) is 0.957. The summed E-state index contributed by atoms with van der Waals surface area (Å²) >= 11 is 0. The van der Waals surface area contributed by atoms with E-state index in [4.69, 9.17) is 8.92 Å². The number of carbonyl (C=O) groups is 1. The maximum atomic E-state index is 12.4. The topological polar surface area (TPSA) is 89.9 Å². The molecule has 1 N–H and O–H groups in total. The van der Waals surface area contributed by atoms with Crippen molar-refractivity contribution in [2.45, 2.75) is 128 Å². The molecule has 0 saturated carbocycles. The molecule has 1 rings (SSSR count). The van der Waals surface area contributed by atoms with Crippen molar-refractivity contribution >= 4 is 16.1 Å². The fourth-order valence-corrected chi connectivity index (χ4v) is 5.26. The summed E-state index contributed by atoms with van der Waals surface area (Å²) in [5.74, 6) is -0.658. The fraction of sp³-hybridized carbons (Fsp3) is 0.767. The van der Waals surface area contributed by atoms with Crippen molar-refractivity contribution in [3.05, 3.63) is 29.8 Å². The zero-order valence-electron chi connectivity index (χ0n) is 23.4. The van der Waals surface area contributed by atoms with E-state index in [1.54, 1.807) is 12.1 Å². The van der Waals surface area contributed by atoms with E-state index in [1.807, 2.05) is 6.92 Å². The zero-order valence-corrected chi connectivity index (χ0v) is 24.2. The summed E-state index contributed by atoms with van der Waals surface area (Å²) in [6, 6.07) is 6.43. The van der Waals surface area contributed by atoms with E-state index in [-0.39, 0.29) is 36.6 Å². The van der Waals surface area contributed by atoms with Crippen LogP contribution in [0.2, 0.25) is 0 Å². The molecule has 1 aromatic carbocycles. The first-order chi connectivity index (χ1) is 17.9. The van der Waals surface area contributed by atoms with Crippen molar-refractivity contribution in [3.63, 3.8) is 0 Å². The molecule has 0 fully saturated rings. The number of hydrogen-bond acceptors (Lipinski definition) is 6. The molecule has 1 atom stereocenters. The van der Waals surface area contributed by atoms with Crippen LogP contribution in [-0.4, -0.2) is 39.3 Å². The molecule has 6 nitrogen and oxygen atoms in total. The van der Waals surface area contributed by atoms with Crippen molar-refractivity contribution in [1.29, 1.82) is 0 Å². The molecule has 214 valence electrons. The quantitative estimate of drug-likeness (QED) is 0.0829. The zero-order chi connectivity index (χ0) is 27.2. The molecule has 0 spiro atoms. The maximum Gasteiger partial charge on any atom is 0.305 e. The van der Waals surface area contributed by atoms with Gasteiger partial charge < -0.3 is 9.84 Å². The molecule has 7 heteroatoms. The van der Waals surface area contributed by atoms with Gasteiger partial charge in [0.1, 0.15) is 0 Å². The van der Waals surface area contributed by atoms with Crippen molar-refractivity contribution in [2.75, 3.05) is 19.8 Å². The van der Waals surface area contributed by atoms with E-state index in [1.165, 1.54) is 89.2 Å². The lowest BCUT2D eigenvalue weighted by molar-refractivity contribution is -0.145. The number of carbonyl (C=O) groups excluding carboxylic acids is 1. The molecule has 1 aromatic rings. The van der Waals surface area contributed by atoms with Crippen molar-refractivity contribution < 1.29 is 27.2 Å². The highest BCUT2D eigenvalue weighted by Crippen LogP contribution is 2.17. The van der Waals surface area contributed by atoms with Crippen LogP contribution in [0.4, 0.5) is 0 Å². The summed E-state index contributed by atoms with van der Waals surface area (Å²) in [4.78, 5) is 12.2. The van der Waals surface area contributed by atoms with Crippen molar-refractivity contribution in [2.24, 2.45) is 5.92 Å². The second-order valence-corrected chi connectivity index (χ2v) is 11.9. The van der Waals surface area contributed by atoms with E-state index < -0.39 is 10.1 Å². The third kappa shape index (κ3) is 17.7. The fourth-order valence-electron chi connectivity index (χ4n) is 4.28. The average Bonchev–Trinajstić information content (AvgIpc) is 2.88. The highest BCUT2D eigenvalue weighted by molar-refractivity contribution is 7.86. The number of hydrogen-bond donors (Lipinski definition) is 1. The van der Waals surface area contributed by atoms with E-state index >= 15 is 0 Å². The second kappa shape index (κ2) is 21.5. The molecular formula is C30H52O6S. The van der Waals surface area contributed by atoms with Gasteiger partial charge in [-0.3, -0.25) is 8.98 Å². The number of unbranched alkanes of at least 4 members (excludes halogenated alkanes) is 14. The molecule has 0 aromatic heterocycles. The van der Waals surface area contributed by atoms with Crippen molar-refractivity contribution in [3.8, 4) is 0 Å². The Bertz CT molecular complexity index is 791. The third-order valence-electron chi connectivity index (χ3n) is 6.77. The number of esters is 1. The van der Waals surface area contributed by atoms with Gasteiger partial charge in [0.15, 0.2) is 0 Å². The molecule has 0 aliphatic carbocycles. The van der Waals surface area contributed by atoms with Crippen LogP contribution in [0.3, 0.4) is 0 Å². The van der Waals surface area contributed by atoms with E-state index in [0.29, 0.717) is 12.8 Å². The summed E-state index contributed by atoms with van der Waals surface area (Å²) in [7, 11) is -3.89. The molecule has 0 saturated heterocycles. The highest BCUT2D eigenvalue weighted by Gasteiger charge is 2.19. The van der Waals surface area contributed by atoms with Gasteiger partial charge in [-0.1, -0.05) is 115 Å². The van der Waals surface area contributed by atoms with Gasteiger partial charge in [-0.05, 0) is 31.9 Å². The summed E-state index contributed by atoms with van der Waals surface area (Å²) in [6.45, 7) is 3.91. The van der Waals surface area contributed by atoms with Crippen LogP contribution in [-0.2, 0) is 23.8 Å². The number of aliphatic hydroxyl groups excluding tert-OH is 1. The van der Waals surface area contributed by atoms with E-state index in [0.717, 1.165) is 24.8 Å². The molecule has 0 aliphatic rings. The first kappa shape index (κ1) is 33.6. The highest BCUT2D eigenvalue weighted by atomic mass is 32.2. The molecule has 0 bridgehead atoms. The Balaban J connectivity index is 2.06. The standard InChI is InChI=1S/C30H52O6S/c1-3-4-5-6-7-8-9-10-11-12-13-14-15-16-17-18-30(32)35-25-28(23-24-31)26-36-37(33,34)29-21-19-27(2)20-22-29/h19-22,28,31H,3-18,23-26H2,1-2H3. The Hall–Kier alpha value is -1.44. The first-order valence-corrected chi connectivity index (χ1v) is 16.0. The van der Waals surface area contributed by atoms with Gasteiger partial charge >= 0.3 is 5.97 Å². The summed E-state index contributed by atoms with van der Waals surface area (Å²) in [5, 5.41) is 9.29. The lowest BCUT2D eigenvalue weighted by Crippen LogP contribution is -2.22. The molecule has 37 heavy (non-hydrogen) atoms. The predicted octanol–water partition coefficient (Wildman–Crippen LogP) is 7.50. The normalized spacial score (nSPS) is 12.5. The lowest BCUT2D eigenvalue weighted by atomic mass is 10.0. The molecule has 0 heterocycles. The van der Waals surface area contributed by atoms with Crippen LogP contribution >= 0.6 is 0 Å². The Labute approximate surface area is 226 Å². The summed E-state index contributed by atoms with van der Waals surface area (Å²) in [6.07, 6.45) is 19.8. The largest absolute Gasteiger partial charge is 0.465 e. The van der Waals surface area contributed by atoms with Gasteiger partial charge in [-0.2, -0.15) is 8.42 Å². The smallest absolute Gasteiger partial charge is 0.305 e. The number of rotatable bonds is 24. The number of aryl methyl sites for hydroxylation is 1. The first-order valence-electron chi connectivity index (χ1n) is 14.6. The minimum absolute atomic E-state index is 0.0432. The van der Waals surface area contributed by atoms with Crippen LogP contribution < -0.4 is 0 Å². The predicted molar refractivity (Wildman–Crippen MR) is 150 cm³/mol. The van der Waals surface area contributed by atoms with Crippen LogP contribution in [0.5, 0.6) is 0 Å². The van der Waals surface area contributed by atoms with Gasteiger partial charge in [-0.15, -0.1) is 0 Å². The molecule has 0 amide bonds. The third-order valence-corrected chi connectivity index (χ3v) is 8.07. The van der Waals surface area contributed by atoms with Crippen LogP contribution in [0.15, 0.2) is 29.2 Å². The monoisotopic (exact) mass is 540 g/mol. The number of benzene rings is 1. The minimum atomic E-state index is -3.89. The van der Waals surface area contributed by atoms with Crippen LogP contribution in [0, 0.1) is 12.8 Å². The van der Waals surface area contributed by atoms with Gasteiger partial charge in [-0.25, -0.2) is 0 Å². The Morgan fingerprint density at radius 1 is 0.784 bits per heavy atom. The maximum absolute atomic E-state index is 12.4. The lowest BCUT2D eigenvalue weighted by Gasteiger charge is -2.16. The molecular weight excluding hydrogens is 488 g/mol. The second-order valence-electron chi connectivity index (χ2n) is 10.3. The SMILES string of the molecule is CCCCCCCCCCCCCCCCCC(=O)OCC(CCO)COS(=O)(=O)c1ccc(C)cc1. The number of aliphatic hydroxyl groups is 1. The van der Waals surface area contributed by atoms with Crippen LogP contribution in [0.25, 0.3) is 0 Å². The summed E-state index contributed by atoms with van der Waals surface area (Å²) < 4.78 is 35.2. The van der Waals surface area contributed by atoms with Gasteiger partial charge in [0.2, 0.25) is 0 Å². The molecule has 1 unspecified atom stereocenters. The average molecular weight is 541 g/mol. The Morgan fingerprint density at radius 3 is 1.76 bits per heavy atom. The Morgan fingerprint density at radius 2 is 1.27 bits per heavy atom. The molecule has 0 aliphatic heterocycles. The van der Waals surface area contributed by atoms with Gasteiger partial charge in [0.25, 0.3) is 10.1 Å². The van der Waals surface area contributed by atoms with E-state index in [2.05, 4.69) is 6.92 Å². The Kier molecular flexibility index (Phi) is 19.5. The van der Waals surface area contributed by atoms with Gasteiger partial charge in [0.05, 0.1) is 18.1 Å². The number of ether oxygens (including phenoxy) is 1. The van der Waals surface area contributed by atoms with Crippen molar-refractivity contribution in [1.82, 2.24) is 0 Å². The molecule has 0 radical (unpaired) electrons. The minimum Gasteiger partial charge on any atom is -0.465 e.